The van der Waals surface area contributed by atoms with Crippen LogP contribution in [0.4, 0.5) is 5.69 Å². The van der Waals surface area contributed by atoms with Crippen LogP contribution in [0.5, 0.6) is 0 Å². The maximum Gasteiger partial charge on any atom is 0.248 e. The van der Waals surface area contributed by atoms with Gasteiger partial charge < -0.3 is 5.32 Å². The van der Waals surface area contributed by atoms with Crippen molar-refractivity contribution < 1.29 is 13.2 Å². The highest BCUT2D eigenvalue weighted by Gasteiger charge is 2.29. The fraction of sp³-hybridized carbons (Fsp3) is 0.211. The Balaban J connectivity index is 1.77. The van der Waals surface area contributed by atoms with E-state index < -0.39 is 10.0 Å². The number of sulfonamides is 1. The van der Waals surface area contributed by atoms with Crippen molar-refractivity contribution in [3.63, 3.8) is 0 Å². The first kappa shape index (κ1) is 18.6. The first-order valence-corrected chi connectivity index (χ1v) is 10.1. The van der Waals surface area contributed by atoms with E-state index in [0.29, 0.717) is 18.8 Å². The van der Waals surface area contributed by atoms with Crippen LogP contribution in [0, 0.1) is 0 Å². The lowest BCUT2D eigenvalue weighted by molar-refractivity contribution is -0.111. The Morgan fingerprint density at radius 2 is 1.77 bits per heavy atom. The van der Waals surface area contributed by atoms with Crippen molar-refractivity contribution in [2.24, 2.45) is 0 Å². The highest BCUT2D eigenvalue weighted by atomic mass is 35.5. The number of hydrogen-bond donors (Lipinski definition) is 1. The van der Waals surface area contributed by atoms with Crippen LogP contribution >= 0.6 is 11.6 Å². The number of carbonyl (C=O) groups excluding carboxylic acids is 1. The molecule has 0 saturated carbocycles. The Hall–Kier alpha value is -2.15. The van der Waals surface area contributed by atoms with Gasteiger partial charge in [-0.1, -0.05) is 41.9 Å². The predicted molar refractivity (Wildman–Crippen MR) is 104 cm³/mol. The number of hydrogen-bond acceptors (Lipinski definition) is 3. The number of benzene rings is 2. The van der Waals surface area contributed by atoms with Crippen molar-refractivity contribution in [2.45, 2.75) is 17.7 Å². The van der Waals surface area contributed by atoms with E-state index in [0.717, 1.165) is 18.4 Å². The molecule has 1 amide bonds. The highest BCUT2D eigenvalue weighted by Crippen LogP contribution is 2.29. The monoisotopic (exact) mass is 390 g/mol. The third-order valence-electron chi connectivity index (χ3n) is 4.11. The molecule has 0 aromatic heterocycles. The number of halogens is 1. The molecule has 0 unspecified atom stereocenters. The van der Waals surface area contributed by atoms with Gasteiger partial charge in [-0.25, -0.2) is 8.42 Å². The molecule has 2 aromatic rings. The zero-order valence-corrected chi connectivity index (χ0v) is 15.6. The van der Waals surface area contributed by atoms with Gasteiger partial charge in [0.05, 0.1) is 5.02 Å². The largest absolute Gasteiger partial charge is 0.322 e. The van der Waals surface area contributed by atoms with Crippen LogP contribution in [0.1, 0.15) is 18.4 Å². The molecule has 3 rings (SSSR count). The number of nitrogens with one attached hydrogen (secondary N) is 1. The summed E-state index contributed by atoms with van der Waals surface area (Å²) in [6.07, 6.45) is 4.78. The van der Waals surface area contributed by atoms with E-state index in [1.807, 2.05) is 30.3 Å². The van der Waals surface area contributed by atoms with Gasteiger partial charge in [-0.15, -0.1) is 0 Å². The number of anilines is 1. The molecule has 1 aliphatic heterocycles. The summed E-state index contributed by atoms with van der Waals surface area (Å²) in [5.74, 6) is -0.347. The van der Waals surface area contributed by atoms with Crippen LogP contribution in [0.2, 0.25) is 5.02 Å². The van der Waals surface area contributed by atoms with Gasteiger partial charge in [0.25, 0.3) is 0 Å². The third-order valence-corrected chi connectivity index (χ3v) is 6.49. The van der Waals surface area contributed by atoms with Gasteiger partial charge in [0.2, 0.25) is 15.9 Å². The zero-order valence-electron chi connectivity index (χ0n) is 14.1. The number of rotatable bonds is 5. The van der Waals surface area contributed by atoms with E-state index in [-0.39, 0.29) is 15.8 Å². The summed E-state index contributed by atoms with van der Waals surface area (Å²) in [5.41, 5.74) is 1.28. The molecule has 1 heterocycles. The zero-order chi connectivity index (χ0) is 18.6. The first-order chi connectivity index (χ1) is 12.5. The normalized spacial score (nSPS) is 15.4. The summed E-state index contributed by atoms with van der Waals surface area (Å²) in [6, 6.07) is 13.9. The van der Waals surface area contributed by atoms with Gasteiger partial charge in [-0.3, -0.25) is 4.79 Å². The summed E-state index contributed by atoms with van der Waals surface area (Å²) < 4.78 is 26.9. The Labute approximate surface area is 158 Å². The Bertz CT molecular complexity index is 921. The molecule has 1 N–H and O–H groups in total. The van der Waals surface area contributed by atoms with Gasteiger partial charge in [0, 0.05) is 24.9 Å². The van der Waals surface area contributed by atoms with Gasteiger partial charge >= 0.3 is 0 Å². The van der Waals surface area contributed by atoms with Crippen molar-refractivity contribution in [3.8, 4) is 0 Å². The minimum Gasteiger partial charge on any atom is -0.322 e. The molecule has 0 spiro atoms. The average Bonchev–Trinajstić information content (AvgIpc) is 3.18. The van der Waals surface area contributed by atoms with E-state index in [9.17, 15) is 13.2 Å². The standard InChI is InChI=1S/C19H19ClN2O3S/c20-17-10-9-16(14-18(17)26(24,25)22-12-4-5-13-22)21-19(23)11-8-15-6-2-1-3-7-15/h1-3,6-11,14H,4-5,12-13H2,(H,21,23)/b11-8+. The van der Waals surface area contributed by atoms with Crippen LogP contribution in [-0.4, -0.2) is 31.7 Å². The SMILES string of the molecule is O=C(/C=C/c1ccccc1)Nc1ccc(Cl)c(S(=O)(=O)N2CCCC2)c1. The highest BCUT2D eigenvalue weighted by molar-refractivity contribution is 7.89. The van der Waals surface area contributed by atoms with Crippen molar-refractivity contribution in [1.82, 2.24) is 4.31 Å². The molecule has 2 aromatic carbocycles. The van der Waals surface area contributed by atoms with Gasteiger partial charge in [0.1, 0.15) is 4.90 Å². The summed E-state index contributed by atoms with van der Waals surface area (Å²) in [6.45, 7) is 0.990. The lowest BCUT2D eigenvalue weighted by Crippen LogP contribution is -2.28. The fourth-order valence-corrected chi connectivity index (χ4v) is 4.78. The topological polar surface area (TPSA) is 66.5 Å². The quantitative estimate of drug-likeness (QED) is 0.790. The second-order valence-corrected chi connectivity index (χ2v) is 8.30. The summed E-state index contributed by atoms with van der Waals surface area (Å²) in [7, 11) is -3.65. The molecule has 1 fully saturated rings. The van der Waals surface area contributed by atoms with E-state index >= 15 is 0 Å². The Kier molecular flexibility index (Phi) is 5.76. The lowest BCUT2D eigenvalue weighted by atomic mass is 10.2. The summed E-state index contributed by atoms with van der Waals surface area (Å²) in [4.78, 5) is 12.1. The van der Waals surface area contributed by atoms with Crippen molar-refractivity contribution in [2.75, 3.05) is 18.4 Å². The molecule has 0 bridgehead atoms. The molecule has 0 radical (unpaired) electrons. The lowest BCUT2D eigenvalue weighted by Gasteiger charge is -2.17. The van der Waals surface area contributed by atoms with Gasteiger partial charge in [-0.05, 0) is 42.7 Å². The molecular weight excluding hydrogens is 372 g/mol. The summed E-state index contributed by atoms with van der Waals surface area (Å²) in [5, 5.41) is 2.82. The van der Waals surface area contributed by atoms with E-state index in [4.69, 9.17) is 11.6 Å². The van der Waals surface area contributed by atoms with Crippen LogP contribution < -0.4 is 5.32 Å². The number of nitrogens with zero attached hydrogens (tertiary/aromatic N) is 1. The van der Waals surface area contributed by atoms with Crippen LogP contribution in [-0.2, 0) is 14.8 Å². The third kappa shape index (κ3) is 4.33. The smallest absolute Gasteiger partial charge is 0.248 e. The van der Waals surface area contributed by atoms with E-state index in [2.05, 4.69) is 5.32 Å². The molecule has 1 saturated heterocycles. The molecule has 5 nitrogen and oxygen atoms in total. The molecule has 1 aliphatic rings. The maximum absolute atomic E-state index is 12.7. The second kappa shape index (κ2) is 8.03. The molecule has 26 heavy (non-hydrogen) atoms. The molecular formula is C19H19ClN2O3S. The average molecular weight is 391 g/mol. The number of amides is 1. The molecule has 0 atom stereocenters. The molecule has 136 valence electrons. The maximum atomic E-state index is 12.7. The second-order valence-electron chi connectivity index (χ2n) is 5.99. The van der Waals surface area contributed by atoms with Crippen molar-refractivity contribution in [3.05, 3.63) is 65.2 Å². The summed E-state index contributed by atoms with van der Waals surface area (Å²) >= 11 is 6.10. The Morgan fingerprint density at radius 1 is 1.08 bits per heavy atom. The Morgan fingerprint density at radius 3 is 2.46 bits per heavy atom. The first-order valence-electron chi connectivity index (χ1n) is 8.30. The van der Waals surface area contributed by atoms with Gasteiger partial charge in [0.15, 0.2) is 0 Å². The van der Waals surface area contributed by atoms with Crippen LogP contribution in [0.25, 0.3) is 6.08 Å². The predicted octanol–water partition coefficient (Wildman–Crippen LogP) is 3.78. The minimum atomic E-state index is -3.65. The molecule has 7 heteroatoms. The van der Waals surface area contributed by atoms with Crippen molar-refractivity contribution >= 4 is 39.3 Å². The van der Waals surface area contributed by atoms with Crippen molar-refractivity contribution in [1.29, 1.82) is 0 Å². The van der Waals surface area contributed by atoms with Gasteiger partial charge in [-0.2, -0.15) is 4.31 Å². The molecule has 0 aliphatic carbocycles. The van der Waals surface area contributed by atoms with E-state index in [1.165, 1.54) is 22.5 Å². The minimum absolute atomic E-state index is 0.0194. The van der Waals surface area contributed by atoms with E-state index in [1.54, 1.807) is 12.1 Å². The van der Waals surface area contributed by atoms with Crippen LogP contribution in [0.3, 0.4) is 0 Å². The fourth-order valence-electron chi connectivity index (χ4n) is 2.77. The number of carbonyl (C=O) groups is 1. The van der Waals surface area contributed by atoms with Crippen LogP contribution in [0.15, 0.2) is 59.5 Å².